The molecule has 0 saturated carbocycles. The lowest BCUT2D eigenvalue weighted by Crippen LogP contribution is -2.22. The lowest BCUT2D eigenvalue weighted by Gasteiger charge is -2.19. The van der Waals surface area contributed by atoms with Gasteiger partial charge in [0.25, 0.3) is 0 Å². The number of aromatic carboxylic acids is 1. The summed E-state index contributed by atoms with van der Waals surface area (Å²) in [4.78, 5) is 10.6. The van der Waals surface area contributed by atoms with E-state index in [9.17, 15) is 4.79 Å². The molecule has 0 aliphatic rings. The summed E-state index contributed by atoms with van der Waals surface area (Å²) in [6.07, 6.45) is 0. The molecule has 0 aromatic heterocycles. The van der Waals surface area contributed by atoms with Gasteiger partial charge in [0.1, 0.15) is 12.4 Å². The average Bonchev–Trinajstić information content (AvgIpc) is 2.24. The molecule has 0 saturated heterocycles. The molecule has 0 amide bonds. The molecule has 94 valence electrons. The monoisotopic (exact) mass is 238 g/mol. The molecule has 1 aromatic carbocycles. The highest BCUT2D eigenvalue weighted by atomic mass is 16.5. The predicted octanol–water partition coefficient (Wildman–Crippen LogP) is 2.58. The zero-order valence-electron chi connectivity index (χ0n) is 10.4. The number of ether oxygens (including phenoxy) is 2. The largest absolute Gasteiger partial charge is 0.491 e. The zero-order chi connectivity index (χ0) is 12.9. The third-order valence-corrected chi connectivity index (χ3v) is 1.99. The third-order valence-electron chi connectivity index (χ3n) is 1.99. The second-order valence-corrected chi connectivity index (χ2v) is 4.64. The standard InChI is InChI=1S/C13H18O4/c1-13(2,3)17-9-8-16-11-6-4-10(5-7-11)12(14)15/h4-7H,8-9H2,1-3H3,(H,14,15). The lowest BCUT2D eigenvalue weighted by atomic mass is 10.2. The molecule has 0 spiro atoms. The van der Waals surface area contributed by atoms with Gasteiger partial charge < -0.3 is 14.6 Å². The molecule has 0 aliphatic carbocycles. The highest BCUT2D eigenvalue weighted by Crippen LogP contribution is 2.12. The first-order valence-corrected chi connectivity index (χ1v) is 5.48. The molecule has 0 unspecified atom stereocenters. The van der Waals surface area contributed by atoms with Crippen molar-refractivity contribution in [1.29, 1.82) is 0 Å². The summed E-state index contributed by atoms with van der Waals surface area (Å²) in [5, 5.41) is 8.72. The Kier molecular flexibility index (Phi) is 4.52. The van der Waals surface area contributed by atoms with E-state index in [0.29, 0.717) is 19.0 Å². The summed E-state index contributed by atoms with van der Waals surface area (Å²) >= 11 is 0. The molecule has 0 fully saturated rings. The normalized spacial score (nSPS) is 11.2. The highest BCUT2D eigenvalue weighted by Gasteiger charge is 2.09. The van der Waals surface area contributed by atoms with Crippen molar-refractivity contribution in [1.82, 2.24) is 0 Å². The Morgan fingerprint density at radius 1 is 1.18 bits per heavy atom. The maximum atomic E-state index is 10.6. The van der Waals surface area contributed by atoms with Gasteiger partial charge in [-0.05, 0) is 45.0 Å². The topological polar surface area (TPSA) is 55.8 Å². The van der Waals surface area contributed by atoms with Crippen LogP contribution in [0.5, 0.6) is 5.75 Å². The number of carboxylic acids is 1. The van der Waals surface area contributed by atoms with E-state index in [1.165, 1.54) is 12.1 Å². The molecule has 17 heavy (non-hydrogen) atoms. The van der Waals surface area contributed by atoms with Gasteiger partial charge in [-0.3, -0.25) is 0 Å². The van der Waals surface area contributed by atoms with Crippen molar-refractivity contribution in [2.45, 2.75) is 26.4 Å². The molecule has 0 atom stereocenters. The van der Waals surface area contributed by atoms with Crippen molar-refractivity contribution in [3.63, 3.8) is 0 Å². The molecule has 1 N–H and O–H groups in total. The first kappa shape index (κ1) is 13.5. The minimum atomic E-state index is -0.937. The molecule has 0 heterocycles. The van der Waals surface area contributed by atoms with Crippen LogP contribution in [0.4, 0.5) is 0 Å². The minimum absolute atomic E-state index is 0.170. The molecule has 4 nitrogen and oxygen atoms in total. The lowest BCUT2D eigenvalue weighted by molar-refractivity contribution is -0.0163. The van der Waals surface area contributed by atoms with Crippen LogP contribution >= 0.6 is 0 Å². The Morgan fingerprint density at radius 3 is 2.24 bits per heavy atom. The molecular weight excluding hydrogens is 220 g/mol. The predicted molar refractivity (Wildman–Crippen MR) is 64.6 cm³/mol. The van der Waals surface area contributed by atoms with Gasteiger partial charge in [-0.15, -0.1) is 0 Å². The quantitative estimate of drug-likeness (QED) is 0.801. The molecule has 1 rings (SSSR count). The van der Waals surface area contributed by atoms with E-state index < -0.39 is 5.97 Å². The fourth-order valence-corrected chi connectivity index (χ4v) is 1.20. The van der Waals surface area contributed by atoms with Crippen LogP contribution in [-0.2, 0) is 4.74 Å². The van der Waals surface area contributed by atoms with Crippen LogP contribution in [0.15, 0.2) is 24.3 Å². The van der Waals surface area contributed by atoms with Crippen LogP contribution in [-0.4, -0.2) is 29.9 Å². The maximum absolute atomic E-state index is 10.6. The number of hydrogen-bond acceptors (Lipinski definition) is 3. The van der Waals surface area contributed by atoms with E-state index in [2.05, 4.69) is 0 Å². The van der Waals surface area contributed by atoms with E-state index in [1.807, 2.05) is 20.8 Å². The molecule has 1 aromatic rings. The van der Waals surface area contributed by atoms with Crippen molar-refractivity contribution < 1.29 is 19.4 Å². The Morgan fingerprint density at radius 2 is 1.76 bits per heavy atom. The summed E-state index contributed by atoms with van der Waals surface area (Å²) in [6.45, 7) is 6.89. The van der Waals surface area contributed by atoms with Gasteiger partial charge in [-0.25, -0.2) is 4.79 Å². The summed E-state index contributed by atoms with van der Waals surface area (Å²) in [5.74, 6) is -0.292. The average molecular weight is 238 g/mol. The van der Waals surface area contributed by atoms with E-state index in [4.69, 9.17) is 14.6 Å². The van der Waals surface area contributed by atoms with E-state index >= 15 is 0 Å². The molecule has 0 aliphatic heterocycles. The minimum Gasteiger partial charge on any atom is -0.491 e. The van der Waals surface area contributed by atoms with Crippen molar-refractivity contribution in [3.8, 4) is 5.75 Å². The van der Waals surface area contributed by atoms with Crippen LogP contribution in [0.1, 0.15) is 31.1 Å². The van der Waals surface area contributed by atoms with Gasteiger partial charge in [-0.1, -0.05) is 0 Å². The maximum Gasteiger partial charge on any atom is 0.335 e. The van der Waals surface area contributed by atoms with Crippen LogP contribution in [0, 0.1) is 0 Å². The first-order chi connectivity index (χ1) is 7.88. The number of rotatable bonds is 5. The van der Waals surface area contributed by atoms with E-state index in [0.717, 1.165) is 0 Å². The fraction of sp³-hybridized carbons (Fsp3) is 0.462. The van der Waals surface area contributed by atoms with E-state index in [-0.39, 0.29) is 11.2 Å². The van der Waals surface area contributed by atoms with Gasteiger partial charge >= 0.3 is 5.97 Å². The van der Waals surface area contributed by atoms with E-state index in [1.54, 1.807) is 12.1 Å². The second kappa shape index (κ2) is 5.68. The summed E-state index contributed by atoms with van der Waals surface area (Å²) in [6, 6.07) is 6.31. The molecular formula is C13H18O4. The van der Waals surface area contributed by atoms with Crippen molar-refractivity contribution in [3.05, 3.63) is 29.8 Å². The fourth-order valence-electron chi connectivity index (χ4n) is 1.20. The van der Waals surface area contributed by atoms with Crippen LogP contribution in [0.2, 0.25) is 0 Å². The first-order valence-electron chi connectivity index (χ1n) is 5.48. The summed E-state index contributed by atoms with van der Waals surface area (Å²) in [7, 11) is 0. The molecule has 4 heteroatoms. The van der Waals surface area contributed by atoms with Gasteiger partial charge in [-0.2, -0.15) is 0 Å². The van der Waals surface area contributed by atoms with Crippen LogP contribution < -0.4 is 4.74 Å². The zero-order valence-corrected chi connectivity index (χ0v) is 10.4. The Hall–Kier alpha value is -1.55. The van der Waals surface area contributed by atoms with Crippen LogP contribution in [0.3, 0.4) is 0 Å². The van der Waals surface area contributed by atoms with Crippen molar-refractivity contribution >= 4 is 5.97 Å². The van der Waals surface area contributed by atoms with Crippen molar-refractivity contribution in [2.24, 2.45) is 0 Å². The number of benzene rings is 1. The molecule has 0 radical (unpaired) electrons. The SMILES string of the molecule is CC(C)(C)OCCOc1ccc(C(=O)O)cc1. The highest BCUT2D eigenvalue weighted by molar-refractivity contribution is 5.87. The molecule has 0 bridgehead atoms. The Labute approximate surface area is 101 Å². The van der Waals surface area contributed by atoms with Gasteiger partial charge in [0, 0.05) is 0 Å². The van der Waals surface area contributed by atoms with Gasteiger partial charge in [0.15, 0.2) is 0 Å². The van der Waals surface area contributed by atoms with Gasteiger partial charge in [0.2, 0.25) is 0 Å². The summed E-state index contributed by atoms with van der Waals surface area (Å²) in [5.41, 5.74) is 0.0829. The summed E-state index contributed by atoms with van der Waals surface area (Å²) < 4.78 is 10.9. The smallest absolute Gasteiger partial charge is 0.335 e. The third kappa shape index (κ3) is 5.36. The number of carbonyl (C=O) groups is 1. The number of hydrogen-bond donors (Lipinski definition) is 1. The second-order valence-electron chi connectivity index (χ2n) is 4.64. The van der Waals surface area contributed by atoms with Crippen LogP contribution in [0.25, 0.3) is 0 Å². The number of carboxylic acid groups (broad SMARTS) is 1. The van der Waals surface area contributed by atoms with Crippen molar-refractivity contribution in [2.75, 3.05) is 13.2 Å². The van der Waals surface area contributed by atoms with Gasteiger partial charge in [0.05, 0.1) is 17.8 Å². The Balaban J connectivity index is 2.35. The Bertz CT molecular complexity index is 362.